The lowest BCUT2D eigenvalue weighted by Gasteiger charge is -2.12. The minimum absolute atomic E-state index is 0.0827. The number of hydrogen-bond acceptors (Lipinski definition) is 5. The molecule has 0 aliphatic carbocycles. The number of rotatable bonds is 6. The number of imide groups is 1. The Bertz CT molecular complexity index is 1610. The molecule has 38 heavy (non-hydrogen) atoms. The second-order valence-corrected chi connectivity index (χ2v) is 10.4. The van der Waals surface area contributed by atoms with E-state index >= 15 is 0 Å². The van der Waals surface area contributed by atoms with Crippen molar-refractivity contribution >= 4 is 39.1 Å². The van der Waals surface area contributed by atoms with E-state index in [1.807, 2.05) is 5.32 Å². The maximum absolute atomic E-state index is 13.7. The van der Waals surface area contributed by atoms with Gasteiger partial charge in [0.2, 0.25) is 9.84 Å². The summed E-state index contributed by atoms with van der Waals surface area (Å²) in [4.78, 5) is 24.4. The molecule has 0 radical (unpaired) electrons. The molecule has 0 aromatic heterocycles. The first-order chi connectivity index (χ1) is 18.0. The van der Waals surface area contributed by atoms with Crippen molar-refractivity contribution in [1.29, 1.82) is 0 Å². The van der Waals surface area contributed by atoms with E-state index < -0.39 is 39.0 Å². The molecule has 0 aliphatic heterocycles. The summed E-state index contributed by atoms with van der Waals surface area (Å²) in [6, 6.07) is 18.3. The largest absolute Gasteiger partial charge is 0.457 e. The quantitative estimate of drug-likeness (QED) is 0.282. The van der Waals surface area contributed by atoms with E-state index in [1.54, 1.807) is 19.1 Å². The number of aryl methyl sites for hydroxylation is 1. The number of amides is 3. The number of sulfone groups is 1. The average molecular weight is 557 g/mol. The van der Waals surface area contributed by atoms with E-state index in [1.165, 1.54) is 54.6 Å². The molecule has 0 bridgehead atoms. The molecule has 0 heterocycles. The molecular formula is C27H19ClF2N2O5S. The van der Waals surface area contributed by atoms with Crippen molar-refractivity contribution in [3.8, 4) is 11.5 Å². The molecule has 0 saturated heterocycles. The Morgan fingerprint density at radius 2 is 1.42 bits per heavy atom. The Labute approximate surface area is 221 Å². The van der Waals surface area contributed by atoms with Crippen LogP contribution < -0.4 is 15.4 Å². The Morgan fingerprint density at radius 1 is 0.842 bits per heavy atom. The van der Waals surface area contributed by atoms with Crippen LogP contribution in [0.3, 0.4) is 0 Å². The monoisotopic (exact) mass is 556 g/mol. The van der Waals surface area contributed by atoms with Gasteiger partial charge in [0, 0.05) is 10.7 Å². The first-order valence-electron chi connectivity index (χ1n) is 11.0. The molecule has 194 valence electrons. The summed E-state index contributed by atoms with van der Waals surface area (Å²) in [6.07, 6.45) is 0. The Balaban J connectivity index is 1.41. The number of carbonyl (C=O) groups excluding carboxylic acids is 2. The van der Waals surface area contributed by atoms with Gasteiger partial charge >= 0.3 is 6.03 Å². The van der Waals surface area contributed by atoms with E-state index in [0.717, 1.165) is 18.2 Å². The topological polar surface area (TPSA) is 102 Å². The number of carbonyl (C=O) groups is 2. The zero-order valence-electron chi connectivity index (χ0n) is 19.7. The van der Waals surface area contributed by atoms with Gasteiger partial charge in [0.15, 0.2) is 0 Å². The molecule has 0 unspecified atom stereocenters. The Hall–Kier alpha value is -4.28. The molecule has 0 saturated carbocycles. The zero-order valence-corrected chi connectivity index (χ0v) is 21.2. The molecule has 7 nitrogen and oxygen atoms in total. The molecule has 0 atom stereocenters. The predicted octanol–water partition coefficient (Wildman–Crippen LogP) is 6.51. The van der Waals surface area contributed by atoms with Crippen LogP contribution >= 0.6 is 11.6 Å². The zero-order chi connectivity index (χ0) is 27.4. The van der Waals surface area contributed by atoms with Gasteiger partial charge in [-0.1, -0.05) is 17.7 Å². The van der Waals surface area contributed by atoms with Crippen molar-refractivity contribution in [3.05, 3.63) is 113 Å². The van der Waals surface area contributed by atoms with Gasteiger partial charge in [-0.3, -0.25) is 10.1 Å². The summed E-state index contributed by atoms with van der Waals surface area (Å²) in [6.45, 7) is 1.71. The van der Waals surface area contributed by atoms with Gasteiger partial charge in [0.1, 0.15) is 28.7 Å². The molecule has 4 rings (SSSR count). The molecule has 2 N–H and O–H groups in total. The van der Waals surface area contributed by atoms with Crippen LogP contribution in [0.15, 0.2) is 94.7 Å². The molecule has 3 amide bonds. The highest BCUT2D eigenvalue weighted by Gasteiger charge is 2.20. The number of ether oxygens (including phenoxy) is 1. The van der Waals surface area contributed by atoms with Crippen molar-refractivity contribution < 1.29 is 31.5 Å². The van der Waals surface area contributed by atoms with Crippen LogP contribution in [0, 0.1) is 18.6 Å². The van der Waals surface area contributed by atoms with Gasteiger partial charge < -0.3 is 10.1 Å². The molecular weight excluding hydrogens is 538 g/mol. The van der Waals surface area contributed by atoms with Crippen LogP contribution in [-0.4, -0.2) is 20.4 Å². The third-order valence-corrected chi connectivity index (χ3v) is 7.37. The predicted molar refractivity (Wildman–Crippen MR) is 137 cm³/mol. The van der Waals surface area contributed by atoms with Crippen molar-refractivity contribution in [3.63, 3.8) is 0 Å². The fourth-order valence-corrected chi connectivity index (χ4v) is 4.83. The maximum atomic E-state index is 13.7. The van der Waals surface area contributed by atoms with Crippen molar-refractivity contribution in [1.82, 2.24) is 5.32 Å². The highest BCUT2D eigenvalue weighted by molar-refractivity contribution is 7.91. The molecule has 4 aromatic rings. The van der Waals surface area contributed by atoms with Gasteiger partial charge in [-0.15, -0.1) is 0 Å². The minimum Gasteiger partial charge on any atom is -0.457 e. The molecule has 0 spiro atoms. The third-order valence-electron chi connectivity index (χ3n) is 5.34. The number of anilines is 1. The first-order valence-corrected chi connectivity index (χ1v) is 12.9. The van der Waals surface area contributed by atoms with Crippen molar-refractivity contribution in [2.24, 2.45) is 0 Å². The molecule has 4 aromatic carbocycles. The van der Waals surface area contributed by atoms with Gasteiger partial charge in [-0.25, -0.2) is 22.0 Å². The summed E-state index contributed by atoms with van der Waals surface area (Å²) in [5, 5.41) is 4.71. The third kappa shape index (κ3) is 5.99. The first kappa shape index (κ1) is 26.8. The number of urea groups is 1. The fourth-order valence-electron chi connectivity index (χ4n) is 3.45. The van der Waals surface area contributed by atoms with Crippen LogP contribution in [-0.2, 0) is 9.84 Å². The van der Waals surface area contributed by atoms with Crippen molar-refractivity contribution in [2.45, 2.75) is 16.7 Å². The number of benzene rings is 4. The fraction of sp³-hybridized carbons (Fsp3) is 0.0370. The van der Waals surface area contributed by atoms with Crippen LogP contribution in [0.5, 0.6) is 11.5 Å². The van der Waals surface area contributed by atoms with Crippen LogP contribution in [0.2, 0.25) is 5.02 Å². The number of halogens is 3. The van der Waals surface area contributed by atoms with Crippen LogP contribution in [0.25, 0.3) is 0 Å². The van der Waals surface area contributed by atoms with Gasteiger partial charge in [0.25, 0.3) is 5.91 Å². The standard InChI is InChI=1S/C27H19ClF2N2O5S/c1-16-15-18(31-27(34)32-26(33)25-22(29)3-2-4-23(25)30)7-14-24(16)37-19-8-12-21(13-9-19)38(35,36)20-10-5-17(28)6-11-20/h2-15H,1H3,(H2,31,32,33,34). The SMILES string of the molecule is Cc1cc(NC(=O)NC(=O)c2c(F)cccc2F)ccc1Oc1ccc(S(=O)(=O)c2ccc(Cl)cc2)cc1. The van der Waals surface area contributed by atoms with E-state index in [4.69, 9.17) is 16.3 Å². The highest BCUT2D eigenvalue weighted by Crippen LogP contribution is 2.29. The maximum Gasteiger partial charge on any atom is 0.326 e. The second-order valence-electron chi connectivity index (χ2n) is 8.02. The molecule has 11 heteroatoms. The molecule has 0 fully saturated rings. The summed E-state index contributed by atoms with van der Waals surface area (Å²) >= 11 is 5.83. The van der Waals surface area contributed by atoms with Crippen LogP contribution in [0.4, 0.5) is 19.3 Å². The second kappa shape index (κ2) is 11.0. The normalized spacial score (nSPS) is 11.1. The lowest BCUT2D eigenvalue weighted by atomic mass is 10.2. The Kier molecular flexibility index (Phi) is 7.75. The highest BCUT2D eigenvalue weighted by atomic mass is 35.5. The van der Waals surface area contributed by atoms with Gasteiger partial charge in [-0.05, 0) is 91.3 Å². The summed E-state index contributed by atoms with van der Waals surface area (Å²) in [5.41, 5.74) is 0.0280. The van der Waals surface area contributed by atoms with E-state index in [0.29, 0.717) is 27.8 Å². The minimum atomic E-state index is -3.73. The number of nitrogens with one attached hydrogen (secondary N) is 2. The van der Waals surface area contributed by atoms with Crippen LogP contribution in [0.1, 0.15) is 15.9 Å². The molecule has 0 aliphatic rings. The number of hydrogen-bond donors (Lipinski definition) is 2. The van der Waals surface area contributed by atoms with E-state index in [-0.39, 0.29) is 9.79 Å². The summed E-state index contributed by atoms with van der Waals surface area (Å²) in [5.74, 6) is -2.62. The lowest BCUT2D eigenvalue weighted by Crippen LogP contribution is -2.35. The van der Waals surface area contributed by atoms with Gasteiger partial charge in [-0.2, -0.15) is 0 Å². The van der Waals surface area contributed by atoms with E-state index in [2.05, 4.69) is 5.32 Å². The lowest BCUT2D eigenvalue weighted by molar-refractivity contribution is 0.0959. The van der Waals surface area contributed by atoms with Crippen molar-refractivity contribution in [2.75, 3.05) is 5.32 Å². The summed E-state index contributed by atoms with van der Waals surface area (Å²) < 4.78 is 58.9. The van der Waals surface area contributed by atoms with Gasteiger partial charge in [0.05, 0.1) is 9.79 Å². The van der Waals surface area contributed by atoms with E-state index in [9.17, 15) is 26.8 Å². The Morgan fingerprint density at radius 3 is 2.00 bits per heavy atom. The smallest absolute Gasteiger partial charge is 0.326 e. The average Bonchev–Trinajstić information content (AvgIpc) is 2.86. The summed E-state index contributed by atoms with van der Waals surface area (Å²) in [7, 11) is -3.73.